The first-order valence-electron chi connectivity index (χ1n) is 8.34. The lowest BCUT2D eigenvalue weighted by Gasteiger charge is -2.04. The summed E-state index contributed by atoms with van der Waals surface area (Å²) in [6, 6.07) is 13.5. The van der Waals surface area contributed by atoms with E-state index in [-0.39, 0.29) is 5.56 Å². The van der Waals surface area contributed by atoms with Gasteiger partial charge >= 0.3 is 6.03 Å². The first-order chi connectivity index (χ1) is 14.1. The van der Waals surface area contributed by atoms with E-state index in [0.717, 1.165) is 0 Å². The Labute approximate surface area is 178 Å². The van der Waals surface area contributed by atoms with Gasteiger partial charge in [0.05, 0.1) is 10.7 Å². The SMILES string of the molecule is O=C(Nc1ccccc1)Nc1nnc(SCc2cc(=O)n3cc(Cl)ccc3n2)s1. The van der Waals surface area contributed by atoms with Crippen LogP contribution in [0.2, 0.25) is 5.02 Å². The van der Waals surface area contributed by atoms with Crippen LogP contribution in [0.1, 0.15) is 5.69 Å². The zero-order valence-corrected chi connectivity index (χ0v) is 17.1. The van der Waals surface area contributed by atoms with Crippen LogP contribution in [0.5, 0.6) is 0 Å². The normalized spacial score (nSPS) is 10.8. The molecule has 0 fully saturated rings. The molecule has 11 heteroatoms. The number of fused-ring (bicyclic) bond motifs is 1. The van der Waals surface area contributed by atoms with Crippen molar-refractivity contribution in [1.82, 2.24) is 19.6 Å². The number of hydrogen-bond acceptors (Lipinski definition) is 7. The Morgan fingerprint density at radius 1 is 1.14 bits per heavy atom. The Balaban J connectivity index is 1.38. The van der Waals surface area contributed by atoms with Gasteiger partial charge in [0.15, 0.2) is 4.34 Å². The van der Waals surface area contributed by atoms with Crippen LogP contribution in [0, 0.1) is 0 Å². The van der Waals surface area contributed by atoms with Crippen LogP contribution in [-0.4, -0.2) is 25.6 Å². The summed E-state index contributed by atoms with van der Waals surface area (Å²) < 4.78 is 2.05. The van der Waals surface area contributed by atoms with Gasteiger partial charge < -0.3 is 5.32 Å². The first kappa shape index (κ1) is 19.4. The molecular weight excluding hydrogens is 432 g/mol. The molecule has 0 unspecified atom stereocenters. The fraction of sp³-hybridized carbons (Fsp3) is 0.0556. The number of anilines is 2. The highest BCUT2D eigenvalue weighted by molar-refractivity contribution is 8.00. The van der Waals surface area contributed by atoms with Crippen molar-refractivity contribution in [2.75, 3.05) is 10.6 Å². The smallest absolute Gasteiger partial charge is 0.308 e. The monoisotopic (exact) mass is 444 g/mol. The topological polar surface area (TPSA) is 101 Å². The van der Waals surface area contributed by atoms with Gasteiger partial charge in [-0.15, -0.1) is 10.2 Å². The molecule has 0 atom stereocenters. The number of amides is 2. The Morgan fingerprint density at radius 3 is 2.79 bits per heavy atom. The molecule has 8 nitrogen and oxygen atoms in total. The van der Waals surface area contributed by atoms with Gasteiger partial charge in [0.2, 0.25) is 5.13 Å². The molecule has 29 heavy (non-hydrogen) atoms. The number of thioether (sulfide) groups is 1. The molecule has 0 saturated heterocycles. The van der Waals surface area contributed by atoms with Gasteiger partial charge in [-0.05, 0) is 24.3 Å². The summed E-state index contributed by atoms with van der Waals surface area (Å²) in [5.41, 5.74) is 1.62. The lowest BCUT2D eigenvalue weighted by atomic mass is 10.3. The van der Waals surface area contributed by atoms with Gasteiger partial charge in [0, 0.05) is 23.7 Å². The number of hydrogen-bond donors (Lipinski definition) is 2. The van der Waals surface area contributed by atoms with Gasteiger partial charge in [0.1, 0.15) is 5.65 Å². The van der Waals surface area contributed by atoms with E-state index in [9.17, 15) is 9.59 Å². The molecule has 4 aromatic rings. The highest BCUT2D eigenvalue weighted by Crippen LogP contribution is 2.28. The summed E-state index contributed by atoms with van der Waals surface area (Å²) in [4.78, 5) is 28.7. The molecule has 0 radical (unpaired) electrons. The van der Waals surface area contributed by atoms with Gasteiger partial charge in [-0.25, -0.2) is 9.78 Å². The lowest BCUT2D eigenvalue weighted by molar-refractivity contribution is 0.262. The molecule has 4 rings (SSSR count). The summed E-state index contributed by atoms with van der Waals surface area (Å²) in [5.74, 6) is 0.444. The minimum absolute atomic E-state index is 0.203. The van der Waals surface area contributed by atoms with Crippen LogP contribution in [0.3, 0.4) is 0 Å². The highest BCUT2D eigenvalue weighted by Gasteiger charge is 2.10. The minimum Gasteiger partial charge on any atom is -0.308 e. The average molecular weight is 445 g/mol. The van der Waals surface area contributed by atoms with E-state index < -0.39 is 6.03 Å². The zero-order valence-electron chi connectivity index (χ0n) is 14.7. The number of urea groups is 1. The summed E-state index contributed by atoms with van der Waals surface area (Å²) in [6.07, 6.45) is 1.53. The summed E-state index contributed by atoms with van der Waals surface area (Å²) in [6.45, 7) is 0. The number of carbonyl (C=O) groups is 1. The van der Waals surface area contributed by atoms with E-state index in [1.54, 1.807) is 24.3 Å². The number of carbonyl (C=O) groups excluding carboxylic acids is 1. The fourth-order valence-corrected chi connectivity index (χ4v) is 4.24. The Bertz CT molecular complexity index is 1230. The molecule has 2 amide bonds. The zero-order chi connectivity index (χ0) is 20.2. The van der Waals surface area contributed by atoms with Crippen LogP contribution >= 0.6 is 34.7 Å². The maximum Gasteiger partial charge on any atom is 0.325 e. The molecule has 3 aromatic heterocycles. The predicted molar refractivity (Wildman–Crippen MR) is 115 cm³/mol. The molecule has 0 saturated carbocycles. The Hall–Kier alpha value is -2.95. The van der Waals surface area contributed by atoms with Crippen molar-refractivity contribution in [1.29, 1.82) is 0 Å². The Morgan fingerprint density at radius 2 is 1.97 bits per heavy atom. The number of benzene rings is 1. The van der Waals surface area contributed by atoms with Crippen molar-refractivity contribution in [2.45, 2.75) is 10.1 Å². The molecule has 3 heterocycles. The number of para-hydroxylation sites is 1. The number of halogens is 1. The highest BCUT2D eigenvalue weighted by atomic mass is 35.5. The fourth-order valence-electron chi connectivity index (χ4n) is 2.44. The van der Waals surface area contributed by atoms with Crippen LogP contribution in [0.25, 0.3) is 5.65 Å². The maximum absolute atomic E-state index is 12.2. The minimum atomic E-state index is -0.397. The third-order valence-corrected chi connectivity index (χ3v) is 5.91. The van der Waals surface area contributed by atoms with Crippen LogP contribution in [-0.2, 0) is 5.75 Å². The molecule has 1 aromatic carbocycles. The predicted octanol–water partition coefficient (Wildman–Crippen LogP) is 4.14. The van der Waals surface area contributed by atoms with Crippen molar-refractivity contribution in [2.24, 2.45) is 0 Å². The Kier molecular flexibility index (Phi) is 5.74. The molecule has 0 spiro atoms. The standard InChI is InChI=1S/C18H13ClN6O2S2/c19-11-6-7-14-20-13(8-15(26)25(14)9-11)10-28-18-24-23-17(29-18)22-16(27)21-12-4-2-1-3-5-12/h1-9H,10H2,(H2,21,22,23,27). The van der Waals surface area contributed by atoms with Crippen molar-refractivity contribution < 1.29 is 4.79 Å². The van der Waals surface area contributed by atoms with Gasteiger partial charge in [-0.1, -0.05) is 52.9 Å². The van der Waals surface area contributed by atoms with E-state index in [0.29, 0.717) is 37.3 Å². The number of aromatic nitrogens is 4. The molecule has 0 aliphatic rings. The van der Waals surface area contributed by atoms with Gasteiger partial charge in [-0.2, -0.15) is 0 Å². The van der Waals surface area contributed by atoms with E-state index in [1.165, 1.54) is 39.8 Å². The number of rotatable bonds is 5. The van der Waals surface area contributed by atoms with E-state index >= 15 is 0 Å². The third kappa shape index (κ3) is 4.91. The quantitative estimate of drug-likeness (QED) is 0.354. The second-order valence-electron chi connectivity index (χ2n) is 5.77. The number of pyridine rings is 1. The largest absolute Gasteiger partial charge is 0.325 e. The lowest BCUT2D eigenvalue weighted by Crippen LogP contribution is -2.19. The number of nitrogens with one attached hydrogen (secondary N) is 2. The van der Waals surface area contributed by atoms with Crippen molar-refractivity contribution in [3.63, 3.8) is 0 Å². The summed E-state index contributed by atoms with van der Waals surface area (Å²) in [7, 11) is 0. The van der Waals surface area contributed by atoms with Gasteiger partial charge in [0.25, 0.3) is 5.56 Å². The van der Waals surface area contributed by atoms with Crippen LogP contribution < -0.4 is 16.2 Å². The molecule has 0 bridgehead atoms. The second-order valence-corrected chi connectivity index (χ2v) is 8.40. The molecule has 0 aliphatic carbocycles. The third-order valence-electron chi connectivity index (χ3n) is 3.68. The summed E-state index contributed by atoms with van der Waals surface area (Å²) >= 11 is 8.54. The van der Waals surface area contributed by atoms with E-state index in [4.69, 9.17) is 11.6 Å². The second kappa shape index (κ2) is 8.60. The summed E-state index contributed by atoms with van der Waals surface area (Å²) in [5, 5.41) is 14.2. The van der Waals surface area contributed by atoms with Crippen LogP contribution in [0.4, 0.5) is 15.6 Å². The van der Waals surface area contributed by atoms with Crippen molar-refractivity contribution >= 4 is 57.2 Å². The number of nitrogens with zero attached hydrogens (tertiary/aromatic N) is 4. The van der Waals surface area contributed by atoms with Crippen molar-refractivity contribution in [3.05, 3.63) is 75.8 Å². The average Bonchev–Trinajstić information content (AvgIpc) is 3.15. The molecule has 2 N–H and O–H groups in total. The molecule has 0 aliphatic heterocycles. The van der Waals surface area contributed by atoms with Crippen LogP contribution in [0.15, 0.2) is 63.9 Å². The van der Waals surface area contributed by atoms with E-state index in [2.05, 4.69) is 25.8 Å². The van der Waals surface area contributed by atoms with Gasteiger partial charge in [-0.3, -0.25) is 14.5 Å². The first-order valence-corrected chi connectivity index (χ1v) is 10.5. The molecule has 146 valence electrons. The van der Waals surface area contributed by atoms with Crippen molar-refractivity contribution in [3.8, 4) is 0 Å². The van der Waals surface area contributed by atoms with E-state index in [1.807, 2.05) is 18.2 Å². The molecular formula is C18H13ClN6O2S2. The maximum atomic E-state index is 12.2.